The molecule has 1 heterocycles. The molecule has 2 N–H and O–H groups in total. The summed E-state index contributed by atoms with van der Waals surface area (Å²) in [7, 11) is 0. The lowest BCUT2D eigenvalue weighted by Crippen LogP contribution is -2.46. The fourth-order valence-electron chi connectivity index (χ4n) is 1.37. The van der Waals surface area contributed by atoms with Gasteiger partial charge in [-0.3, -0.25) is 0 Å². The summed E-state index contributed by atoms with van der Waals surface area (Å²) in [6, 6.07) is 0. The van der Waals surface area contributed by atoms with Gasteiger partial charge in [0.2, 0.25) is 0 Å². The van der Waals surface area contributed by atoms with Gasteiger partial charge in [-0.2, -0.15) is 0 Å². The molecule has 4 heteroatoms. The predicted molar refractivity (Wildman–Crippen MR) is 43.6 cm³/mol. The summed E-state index contributed by atoms with van der Waals surface area (Å²) in [5.41, 5.74) is 4.64. The SMILES string of the molecule is CCOC(=O)C1(CN)CCCO1. The van der Waals surface area contributed by atoms with Crippen LogP contribution in [0.4, 0.5) is 0 Å². The summed E-state index contributed by atoms with van der Waals surface area (Å²) in [6.45, 7) is 2.98. The van der Waals surface area contributed by atoms with E-state index in [1.165, 1.54) is 0 Å². The first kappa shape index (κ1) is 9.48. The van der Waals surface area contributed by atoms with Crippen molar-refractivity contribution in [1.29, 1.82) is 0 Å². The van der Waals surface area contributed by atoms with Gasteiger partial charge < -0.3 is 15.2 Å². The van der Waals surface area contributed by atoms with Crippen molar-refractivity contribution in [3.63, 3.8) is 0 Å². The van der Waals surface area contributed by atoms with Crippen molar-refractivity contribution >= 4 is 5.97 Å². The Morgan fingerprint density at radius 2 is 2.50 bits per heavy atom. The zero-order chi connectivity index (χ0) is 9.03. The van der Waals surface area contributed by atoms with Crippen molar-refractivity contribution < 1.29 is 14.3 Å². The van der Waals surface area contributed by atoms with Gasteiger partial charge in [-0.15, -0.1) is 0 Å². The van der Waals surface area contributed by atoms with Gasteiger partial charge in [-0.05, 0) is 19.8 Å². The van der Waals surface area contributed by atoms with Crippen LogP contribution in [0.2, 0.25) is 0 Å². The zero-order valence-electron chi connectivity index (χ0n) is 7.34. The number of esters is 1. The molecular formula is C8H15NO3. The van der Waals surface area contributed by atoms with E-state index in [-0.39, 0.29) is 12.5 Å². The number of carbonyl (C=O) groups excluding carboxylic acids is 1. The van der Waals surface area contributed by atoms with Gasteiger partial charge >= 0.3 is 5.97 Å². The largest absolute Gasteiger partial charge is 0.464 e. The third kappa shape index (κ3) is 1.59. The fourth-order valence-corrected chi connectivity index (χ4v) is 1.37. The minimum atomic E-state index is -0.837. The van der Waals surface area contributed by atoms with E-state index >= 15 is 0 Å². The van der Waals surface area contributed by atoms with Gasteiger partial charge in [0.05, 0.1) is 6.61 Å². The molecule has 0 bridgehead atoms. The topological polar surface area (TPSA) is 61.5 Å². The molecule has 0 radical (unpaired) electrons. The number of hydrogen-bond donors (Lipinski definition) is 1. The van der Waals surface area contributed by atoms with Crippen molar-refractivity contribution in [3.8, 4) is 0 Å². The molecule has 1 aliphatic heterocycles. The number of ether oxygens (including phenoxy) is 2. The Morgan fingerprint density at radius 1 is 1.75 bits per heavy atom. The van der Waals surface area contributed by atoms with Crippen LogP contribution in [0, 0.1) is 0 Å². The van der Waals surface area contributed by atoms with E-state index in [0.29, 0.717) is 19.6 Å². The molecule has 1 unspecified atom stereocenters. The first-order valence-corrected chi connectivity index (χ1v) is 4.26. The van der Waals surface area contributed by atoms with Crippen molar-refractivity contribution in [1.82, 2.24) is 0 Å². The predicted octanol–water partition coefficient (Wildman–Crippen LogP) is 0.0574. The maximum absolute atomic E-state index is 11.4. The Kier molecular flexibility index (Phi) is 3.05. The van der Waals surface area contributed by atoms with E-state index in [9.17, 15) is 4.79 Å². The highest BCUT2D eigenvalue weighted by Crippen LogP contribution is 2.25. The molecular weight excluding hydrogens is 158 g/mol. The second-order valence-corrected chi connectivity index (χ2v) is 2.87. The van der Waals surface area contributed by atoms with Gasteiger partial charge in [0, 0.05) is 13.2 Å². The van der Waals surface area contributed by atoms with Crippen molar-refractivity contribution in [2.45, 2.75) is 25.4 Å². The van der Waals surface area contributed by atoms with Crippen LogP contribution >= 0.6 is 0 Å². The minimum absolute atomic E-state index is 0.214. The summed E-state index contributed by atoms with van der Waals surface area (Å²) in [5, 5.41) is 0. The van der Waals surface area contributed by atoms with E-state index in [2.05, 4.69) is 0 Å². The van der Waals surface area contributed by atoms with E-state index in [1.54, 1.807) is 6.92 Å². The molecule has 1 rings (SSSR count). The summed E-state index contributed by atoms with van der Waals surface area (Å²) >= 11 is 0. The van der Waals surface area contributed by atoms with Gasteiger partial charge in [0.1, 0.15) is 0 Å². The summed E-state index contributed by atoms with van der Waals surface area (Å²) < 4.78 is 10.2. The van der Waals surface area contributed by atoms with Crippen LogP contribution in [-0.2, 0) is 14.3 Å². The standard InChI is InChI=1S/C8H15NO3/c1-2-11-7(10)8(6-9)4-3-5-12-8/h2-6,9H2,1H3. The van der Waals surface area contributed by atoms with Crippen molar-refractivity contribution in [2.75, 3.05) is 19.8 Å². The highest BCUT2D eigenvalue weighted by Gasteiger charge is 2.42. The van der Waals surface area contributed by atoms with Gasteiger partial charge in [0.25, 0.3) is 0 Å². The third-order valence-electron chi connectivity index (χ3n) is 2.08. The molecule has 0 aromatic heterocycles. The molecule has 1 atom stereocenters. The highest BCUT2D eigenvalue weighted by molar-refractivity contribution is 5.80. The normalized spacial score (nSPS) is 28.8. The second-order valence-electron chi connectivity index (χ2n) is 2.87. The quantitative estimate of drug-likeness (QED) is 0.613. The van der Waals surface area contributed by atoms with Crippen LogP contribution in [0.25, 0.3) is 0 Å². The van der Waals surface area contributed by atoms with Crippen LogP contribution in [0.1, 0.15) is 19.8 Å². The Morgan fingerprint density at radius 3 is 2.92 bits per heavy atom. The highest BCUT2D eigenvalue weighted by atomic mass is 16.6. The van der Waals surface area contributed by atoms with E-state index < -0.39 is 5.60 Å². The summed E-state index contributed by atoms with van der Waals surface area (Å²) in [4.78, 5) is 11.4. The van der Waals surface area contributed by atoms with Crippen LogP contribution in [0.5, 0.6) is 0 Å². The average molecular weight is 173 g/mol. The summed E-state index contributed by atoms with van der Waals surface area (Å²) in [5.74, 6) is -0.315. The average Bonchev–Trinajstić information content (AvgIpc) is 2.54. The lowest BCUT2D eigenvalue weighted by Gasteiger charge is -2.23. The van der Waals surface area contributed by atoms with Crippen LogP contribution < -0.4 is 5.73 Å². The molecule has 0 aromatic rings. The Balaban J connectivity index is 2.59. The number of nitrogens with two attached hydrogens (primary N) is 1. The zero-order valence-corrected chi connectivity index (χ0v) is 7.34. The maximum Gasteiger partial charge on any atom is 0.339 e. The molecule has 4 nitrogen and oxygen atoms in total. The van der Waals surface area contributed by atoms with Gasteiger partial charge in [-0.25, -0.2) is 4.79 Å². The van der Waals surface area contributed by atoms with E-state index in [0.717, 1.165) is 6.42 Å². The lowest BCUT2D eigenvalue weighted by atomic mass is 10.0. The van der Waals surface area contributed by atoms with Crippen LogP contribution in [0.3, 0.4) is 0 Å². The monoisotopic (exact) mass is 173 g/mol. The molecule has 0 aliphatic carbocycles. The van der Waals surface area contributed by atoms with Crippen LogP contribution in [-0.4, -0.2) is 31.3 Å². The van der Waals surface area contributed by atoms with Crippen molar-refractivity contribution in [3.05, 3.63) is 0 Å². The van der Waals surface area contributed by atoms with E-state index in [4.69, 9.17) is 15.2 Å². The number of hydrogen-bond acceptors (Lipinski definition) is 4. The summed E-state index contributed by atoms with van der Waals surface area (Å²) in [6.07, 6.45) is 1.57. The second kappa shape index (κ2) is 3.87. The molecule has 70 valence electrons. The first-order valence-electron chi connectivity index (χ1n) is 4.26. The minimum Gasteiger partial charge on any atom is -0.464 e. The number of carbonyl (C=O) groups is 1. The molecule has 0 saturated carbocycles. The smallest absolute Gasteiger partial charge is 0.339 e. The van der Waals surface area contributed by atoms with Crippen molar-refractivity contribution in [2.24, 2.45) is 5.73 Å². The molecule has 1 saturated heterocycles. The molecule has 0 aromatic carbocycles. The van der Waals surface area contributed by atoms with Gasteiger partial charge in [-0.1, -0.05) is 0 Å². The van der Waals surface area contributed by atoms with Crippen LogP contribution in [0.15, 0.2) is 0 Å². The lowest BCUT2D eigenvalue weighted by molar-refractivity contribution is -0.165. The van der Waals surface area contributed by atoms with E-state index in [1.807, 2.05) is 0 Å². The Labute approximate surface area is 72.0 Å². The Bertz CT molecular complexity index is 164. The third-order valence-corrected chi connectivity index (χ3v) is 2.08. The Hall–Kier alpha value is -0.610. The molecule has 0 spiro atoms. The molecule has 0 amide bonds. The first-order chi connectivity index (χ1) is 5.75. The molecule has 1 aliphatic rings. The number of rotatable bonds is 3. The van der Waals surface area contributed by atoms with Gasteiger partial charge in [0.15, 0.2) is 5.60 Å². The maximum atomic E-state index is 11.4. The molecule has 12 heavy (non-hydrogen) atoms. The molecule has 1 fully saturated rings. The fraction of sp³-hybridized carbons (Fsp3) is 0.875.